The molecule has 330 valence electrons. The number of aliphatic imine (C=N–C) groups is 1. The molecule has 2 heterocycles. The first-order valence-electron chi connectivity index (χ1n) is 22.9. The average molecular weight is 900 g/mol. The summed E-state index contributed by atoms with van der Waals surface area (Å²) in [6, 6.07) is 33.2. The second-order valence-electron chi connectivity index (χ2n) is 20.9. The molecular formula is C58H68N3P3. The molecule has 3 nitrogen and oxygen atoms in total. The highest BCUT2D eigenvalue weighted by Gasteiger charge is 2.57. The zero-order valence-corrected chi connectivity index (χ0v) is 44.4. The van der Waals surface area contributed by atoms with E-state index in [9.17, 15) is 0 Å². The lowest BCUT2D eigenvalue weighted by Crippen LogP contribution is -2.29. The van der Waals surface area contributed by atoms with Gasteiger partial charge in [0.15, 0.2) is 13.5 Å². The summed E-state index contributed by atoms with van der Waals surface area (Å²) in [4.78, 5) is 5.99. The third-order valence-corrected chi connectivity index (χ3v) is 22.5. The van der Waals surface area contributed by atoms with Crippen molar-refractivity contribution in [3.8, 4) is 44.5 Å². The van der Waals surface area contributed by atoms with E-state index in [4.69, 9.17) is 4.99 Å². The molecule has 0 aromatic heterocycles. The predicted octanol–water partition coefficient (Wildman–Crippen LogP) is 18.3. The zero-order chi connectivity index (χ0) is 46.5. The smallest absolute Gasteiger partial charge is 0.161 e. The van der Waals surface area contributed by atoms with E-state index in [1.807, 2.05) is 0 Å². The summed E-state index contributed by atoms with van der Waals surface area (Å²) in [6.45, 7) is 41.6. The van der Waals surface area contributed by atoms with E-state index in [2.05, 4.69) is 219 Å². The van der Waals surface area contributed by atoms with Crippen molar-refractivity contribution in [1.82, 2.24) is 0 Å². The minimum Gasteiger partial charge on any atom is -0.293 e. The van der Waals surface area contributed by atoms with Crippen molar-refractivity contribution in [1.29, 1.82) is 0 Å². The van der Waals surface area contributed by atoms with Crippen LogP contribution in [0.4, 0.5) is 11.4 Å². The van der Waals surface area contributed by atoms with Crippen molar-refractivity contribution in [3.63, 3.8) is 0 Å². The first kappa shape index (κ1) is 46.2. The van der Waals surface area contributed by atoms with E-state index in [0.29, 0.717) is 0 Å². The van der Waals surface area contributed by atoms with Gasteiger partial charge in [-0.2, -0.15) is 0 Å². The molecule has 2 aliphatic heterocycles. The van der Waals surface area contributed by atoms with Crippen LogP contribution >= 0.6 is 23.9 Å². The molecule has 6 aromatic rings. The van der Waals surface area contributed by atoms with Crippen molar-refractivity contribution in [2.24, 2.45) is 10.4 Å². The molecule has 6 aromatic carbocycles. The highest BCUT2D eigenvalue weighted by Crippen LogP contribution is 2.85. The maximum atomic E-state index is 5.99. The van der Waals surface area contributed by atoms with E-state index < -0.39 is 16.0 Å². The van der Waals surface area contributed by atoms with Gasteiger partial charge in [0.05, 0.1) is 16.9 Å². The van der Waals surface area contributed by atoms with Crippen LogP contribution in [0.5, 0.6) is 0 Å². The first-order valence-corrected chi connectivity index (χ1v) is 27.1. The van der Waals surface area contributed by atoms with Gasteiger partial charge >= 0.3 is 0 Å². The predicted molar refractivity (Wildman–Crippen MR) is 289 cm³/mol. The van der Waals surface area contributed by atoms with Crippen LogP contribution in [0.15, 0.2) is 89.9 Å². The normalized spacial score (nSPS) is 17.2. The molecule has 64 heavy (non-hydrogen) atoms. The Labute approximate surface area is 389 Å². The Morgan fingerprint density at radius 3 is 1.02 bits per heavy atom. The molecule has 2 bridgehead atoms. The second-order valence-corrected chi connectivity index (χ2v) is 27.1. The van der Waals surface area contributed by atoms with Crippen molar-refractivity contribution in [3.05, 3.63) is 152 Å². The Kier molecular flexibility index (Phi) is 12.1. The van der Waals surface area contributed by atoms with Gasteiger partial charge in [-0.25, -0.2) is 0 Å². The van der Waals surface area contributed by atoms with Crippen LogP contribution < -0.4 is 9.11 Å². The maximum Gasteiger partial charge on any atom is 0.161 e. The van der Waals surface area contributed by atoms with Crippen LogP contribution in [0.1, 0.15) is 108 Å². The fourth-order valence-electron chi connectivity index (χ4n) is 10.8. The lowest BCUT2D eigenvalue weighted by Gasteiger charge is -2.34. The van der Waals surface area contributed by atoms with Gasteiger partial charge in [-0.1, -0.05) is 128 Å². The molecule has 2 atom stereocenters. The highest BCUT2D eigenvalue weighted by atomic mass is 32.0. The number of fused-ring (bicyclic) bond motifs is 2. The van der Waals surface area contributed by atoms with E-state index in [1.165, 1.54) is 136 Å². The van der Waals surface area contributed by atoms with E-state index in [1.54, 1.807) is 5.03 Å². The molecule has 2 aliphatic rings. The number of nitrogens with zero attached hydrogens (tertiary/aromatic N) is 3. The Hall–Kier alpha value is -4.38. The van der Waals surface area contributed by atoms with Crippen LogP contribution in [0, 0.1) is 88.5 Å². The second kappa shape index (κ2) is 16.8. The number of hydrogen-bond acceptors (Lipinski definition) is 2. The molecule has 6 heteroatoms. The molecule has 0 radical (unpaired) electrons. The lowest BCUT2D eigenvalue weighted by molar-refractivity contribution is 0.584. The van der Waals surface area contributed by atoms with Gasteiger partial charge in [0.1, 0.15) is 8.07 Å². The van der Waals surface area contributed by atoms with Crippen LogP contribution in [0.2, 0.25) is 0 Å². The summed E-state index contributed by atoms with van der Waals surface area (Å²) < 4.78 is 5.78. The fourth-order valence-corrected chi connectivity index (χ4v) is 23.4. The van der Waals surface area contributed by atoms with Gasteiger partial charge in [0.25, 0.3) is 0 Å². The van der Waals surface area contributed by atoms with Gasteiger partial charge in [-0.05, 0) is 184 Å². The van der Waals surface area contributed by atoms with Crippen LogP contribution in [0.3, 0.4) is 0 Å². The summed E-state index contributed by atoms with van der Waals surface area (Å²) in [7, 11) is -0.755. The number of para-hydroxylation sites is 2. The summed E-state index contributed by atoms with van der Waals surface area (Å²) in [5.74, 6) is 0. The van der Waals surface area contributed by atoms with E-state index >= 15 is 0 Å². The minimum absolute atomic E-state index is 0.0373. The maximum absolute atomic E-state index is 5.99. The zero-order valence-electron chi connectivity index (χ0n) is 41.8. The SMILES string of the molecule is Cc1cc(C)c(-c2cccc(-c3c(C)cc(C)cc3C)c2N2C(=NC(C)(C)C)P3C(C(C)(C)C)=P[P@]2N3c2c(-c3c(C)cc(C)cc3C)cccc2-c2c(C)cc(C)cc2C)c(C)c1. The molecule has 0 amide bonds. The molecule has 1 saturated heterocycles. The third-order valence-electron chi connectivity index (χ3n) is 12.7. The Balaban J connectivity index is 1.56. The molecule has 0 saturated carbocycles. The molecule has 8 rings (SSSR count). The number of anilines is 2. The Morgan fingerprint density at radius 2 is 0.734 bits per heavy atom. The summed E-state index contributed by atoms with van der Waals surface area (Å²) >= 11 is 0. The molecule has 0 aliphatic carbocycles. The van der Waals surface area contributed by atoms with Crippen molar-refractivity contribution in [2.75, 3.05) is 9.11 Å². The summed E-state index contributed by atoms with van der Waals surface area (Å²) in [5.41, 5.74) is 29.8. The quantitative estimate of drug-likeness (QED) is 0.155. The highest BCUT2D eigenvalue weighted by molar-refractivity contribution is 8.38. The monoisotopic (exact) mass is 899 g/mol. The van der Waals surface area contributed by atoms with Gasteiger partial charge < -0.3 is 0 Å². The van der Waals surface area contributed by atoms with Gasteiger partial charge in [-0.15, -0.1) is 0 Å². The number of rotatable bonds is 6. The number of amidine groups is 1. The number of benzene rings is 6. The summed E-state index contributed by atoms with van der Waals surface area (Å²) in [5, 5.41) is 1.60. The van der Waals surface area contributed by atoms with Crippen molar-refractivity contribution in [2.45, 2.75) is 130 Å². The van der Waals surface area contributed by atoms with E-state index in [-0.39, 0.29) is 11.0 Å². The van der Waals surface area contributed by atoms with Gasteiger partial charge in [-0.3, -0.25) is 14.1 Å². The van der Waals surface area contributed by atoms with E-state index in [0.717, 1.165) is 0 Å². The van der Waals surface area contributed by atoms with Crippen LogP contribution in [-0.4, -0.2) is 16.2 Å². The molecular weight excluding hydrogens is 832 g/mol. The fraction of sp³-hybridized carbons (Fsp3) is 0.345. The van der Waals surface area contributed by atoms with Crippen LogP contribution in [-0.2, 0) is 0 Å². The standard InChI is InChI=1S/C58H68N3P3/c1-33-25-37(5)49(38(6)26-33)45-21-19-22-46(50-39(7)27-34(2)28-40(50)8)53(45)60-56(59-58(16,17)18)63-55(57(13,14)15)62-64(60)61(63)54-47(51-41(9)29-35(3)30-42(51)10)23-20-24-48(54)52-43(11)31-36(4)32-44(52)12/h19-32H,1-18H3/t63?,64-/m0/s1. The summed E-state index contributed by atoms with van der Waals surface area (Å²) in [6.07, 6.45) is 0. The Bertz CT molecular complexity index is 2710. The first-order chi connectivity index (χ1) is 30.0. The lowest BCUT2D eigenvalue weighted by atomic mass is 9.87. The molecule has 0 spiro atoms. The van der Waals surface area contributed by atoms with Gasteiger partial charge in [0, 0.05) is 27.3 Å². The van der Waals surface area contributed by atoms with Crippen molar-refractivity contribution >= 4 is 45.9 Å². The number of hydrogen-bond donors (Lipinski definition) is 0. The topological polar surface area (TPSA) is 18.8 Å². The molecule has 1 fully saturated rings. The van der Waals surface area contributed by atoms with Crippen LogP contribution in [0.25, 0.3) is 44.5 Å². The third kappa shape index (κ3) is 8.14. The average Bonchev–Trinajstić information content (AvgIpc) is 3.66. The largest absolute Gasteiger partial charge is 0.293 e. The molecule has 0 N–H and O–H groups in total. The minimum atomic E-state index is -1.08. The number of aryl methyl sites for hydroxylation is 12. The Morgan fingerprint density at radius 1 is 0.438 bits per heavy atom. The van der Waals surface area contributed by atoms with Crippen molar-refractivity contribution < 1.29 is 0 Å². The molecule has 1 unspecified atom stereocenters. The van der Waals surface area contributed by atoms with Gasteiger partial charge in [0.2, 0.25) is 0 Å².